The Labute approximate surface area is 170 Å². The number of nitrogens with one attached hydrogen (secondary N) is 1. The summed E-state index contributed by atoms with van der Waals surface area (Å²) in [4.78, 5) is 30.2. The lowest BCUT2D eigenvalue weighted by atomic mass is 9.85. The number of urea groups is 1. The average Bonchev–Trinajstić information content (AvgIpc) is 2.91. The van der Waals surface area contributed by atoms with Gasteiger partial charge in [-0.2, -0.15) is 5.26 Å². The average molecular weight is 392 g/mol. The summed E-state index contributed by atoms with van der Waals surface area (Å²) in [6.45, 7) is 9.66. The molecule has 3 rings (SSSR count). The van der Waals surface area contributed by atoms with Crippen LogP contribution in [0.15, 0.2) is 36.5 Å². The van der Waals surface area contributed by atoms with E-state index in [0.717, 1.165) is 10.5 Å². The van der Waals surface area contributed by atoms with Crippen LogP contribution in [0.5, 0.6) is 11.6 Å². The summed E-state index contributed by atoms with van der Waals surface area (Å²) in [6.07, 6.45) is 1.94. The maximum absolute atomic E-state index is 12.6. The van der Waals surface area contributed by atoms with E-state index in [1.165, 1.54) is 6.20 Å². The van der Waals surface area contributed by atoms with E-state index in [4.69, 9.17) is 4.74 Å². The van der Waals surface area contributed by atoms with Crippen molar-refractivity contribution in [1.29, 1.82) is 5.26 Å². The molecule has 1 fully saturated rings. The molecule has 0 radical (unpaired) electrons. The second kappa shape index (κ2) is 7.21. The molecule has 7 nitrogen and oxygen atoms in total. The first-order valence-electron chi connectivity index (χ1n) is 9.44. The monoisotopic (exact) mass is 392 g/mol. The lowest BCUT2D eigenvalue weighted by Crippen LogP contribution is -2.43. The molecule has 150 valence electrons. The molecule has 0 bridgehead atoms. The largest absolute Gasteiger partial charge is 0.439 e. The Morgan fingerprint density at radius 3 is 2.48 bits per heavy atom. The fraction of sp³-hybridized carbons (Fsp3) is 0.364. The highest BCUT2D eigenvalue weighted by Gasteiger charge is 2.47. The van der Waals surface area contributed by atoms with Gasteiger partial charge in [-0.05, 0) is 43.0 Å². The highest BCUT2D eigenvalue weighted by Crippen LogP contribution is 2.35. The van der Waals surface area contributed by atoms with Gasteiger partial charge in [-0.1, -0.05) is 27.7 Å². The van der Waals surface area contributed by atoms with Crippen molar-refractivity contribution in [2.24, 2.45) is 0 Å². The highest BCUT2D eigenvalue weighted by molar-refractivity contribution is 6.23. The number of carbonyl (C=O) groups excluding carboxylic acids is 2. The Hall–Kier alpha value is -3.40. The predicted molar refractivity (Wildman–Crippen MR) is 109 cm³/mol. The first kappa shape index (κ1) is 20.3. The number of nitrogens with zero attached hydrogens (tertiary/aromatic N) is 3. The van der Waals surface area contributed by atoms with Crippen LogP contribution in [0.4, 0.5) is 10.5 Å². The second-order valence-corrected chi connectivity index (χ2v) is 8.29. The lowest BCUT2D eigenvalue weighted by Gasteiger charge is -2.23. The van der Waals surface area contributed by atoms with Crippen LogP contribution in [0.3, 0.4) is 0 Å². The molecule has 1 aromatic heterocycles. The summed E-state index contributed by atoms with van der Waals surface area (Å²) in [5.74, 6) is 0.627. The van der Waals surface area contributed by atoms with Gasteiger partial charge < -0.3 is 10.1 Å². The lowest BCUT2D eigenvalue weighted by molar-refractivity contribution is -0.121. The third-order valence-electron chi connectivity index (χ3n) is 5.08. The van der Waals surface area contributed by atoms with Gasteiger partial charge in [-0.15, -0.1) is 0 Å². The molecule has 1 N–H and O–H groups in total. The highest BCUT2D eigenvalue weighted by atomic mass is 16.5. The summed E-state index contributed by atoms with van der Waals surface area (Å²) in [7, 11) is 0. The van der Waals surface area contributed by atoms with Gasteiger partial charge in [0.2, 0.25) is 5.88 Å². The number of nitriles is 1. The number of hydrogen-bond donors (Lipinski definition) is 1. The van der Waals surface area contributed by atoms with Gasteiger partial charge in [0.05, 0.1) is 23.5 Å². The van der Waals surface area contributed by atoms with E-state index in [1.54, 1.807) is 31.2 Å². The molecule has 0 unspecified atom stereocenters. The first-order valence-corrected chi connectivity index (χ1v) is 9.44. The van der Waals surface area contributed by atoms with Crippen molar-refractivity contribution in [3.63, 3.8) is 0 Å². The first-order chi connectivity index (χ1) is 13.6. The molecule has 1 saturated heterocycles. The van der Waals surface area contributed by atoms with E-state index >= 15 is 0 Å². The summed E-state index contributed by atoms with van der Waals surface area (Å²) in [5, 5.41) is 11.9. The van der Waals surface area contributed by atoms with Gasteiger partial charge >= 0.3 is 6.03 Å². The van der Waals surface area contributed by atoms with Crippen molar-refractivity contribution in [2.45, 2.75) is 52.0 Å². The standard InChI is InChI=1S/C22H24N4O3/c1-6-22(5)19(27)26(20(28)25-22)15-8-10-18(24-13-15)29-17-9-7-14(12-23)11-16(17)21(2,3)4/h7-11,13H,6H2,1-5H3,(H,25,28)/t22-/m1/s1. The summed E-state index contributed by atoms with van der Waals surface area (Å²) < 4.78 is 5.94. The number of carbonyl (C=O) groups is 2. The van der Waals surface area contributed by atoms with Crippen molar-refractivity contribution in [3.05, 3.63) is 47.7 Å². The third-order valence-corrected chi connectivity index (χ3v) is 5.08. The fourth-order valence-electron chi connectivity index (χ4n) is 3.11. The summed E-state index contributed by atoms with van der Waals surface area (Å²) in [6, 6.07) is 10.2. The van der Waals surface area contributed by atoms with E-state index in [-0.39, 0.29) is 11.3 Å². The zero-order valence-corrected chi connectivity index (χ0v) is 17.2. The van der Waals surface area contributed by atoms with Crippen molar-refractivity contribution >= 4 is 17.6 Å². The molecular weight excluding hydrogens is 368 g/mol. The molecule has 0 saturated carbocycles. The van der Waals surface area contributed by atoms with Crippen LogP contribution >= 0.6 is 0 Å². The zero-order chi connectivity index (χ0) is 21.4. The number of amides is 3. The number of hydrogen-bond acceptors (Lipinski definition) is 5. The van der Waals surface area contributed by atoms with Gasteiger partial charge in [-0.3, -0.25) is 4.79 Å². The predicted octanol–water partition coefficient (Wildman–Crippen LogP) is 4.27. The molecule has 1 aliphatic rings. The Morgan fingerprint density at radius 2 is 1.97 bits per heavy atom. The van der Waals surface area contributed by atoms with Gasteiger partial charge in [0.25, 0.3) is 5.91 Å². The minimum atomic E-state index is -0.906. The van der Waals surface area contributed by atoms with Crippen LogP contribution < -0.4 is 15.0 Å². The molecule has 29 heavy (non-hydrogen) atoms. The number of aromatic nitrogens is 1. The van der Waals surface area contributed by atoms with Crippen molar-refractivity contribution in [2.75, 3.05) is 4.90 Å². The van der Waals surface area contributed by atoms with E-state index in [1.807, 2.05) is 33.8 Å². The Kier molecular flexibility index (Phi) is 5.05. The normalized spacial score (nSPS) is 19.1. The van der Waals surface area contributed by atoms with Crippen molar-refractivity contribution in [1.82, 2.24) is 10.3 Å². The number of pyridine rings is 1. The zero-order valence-electron chi connectivity index (χ0n) is 17.2. The maximum atomic E-state index is 12.6. The molecule has 2 aromatic rings. The smallest absolute Gasteiger partial charge is 0.329 e. The second-order valence-electron chi connectivity index (χ2n) is 8.29. The summed E-state index contributed by atoms with van der Waals surface area (Å²) in [5.41, 5.74) is 0.689. The summed E-state index contributed by atoms with van der Waals surface area (Å²) >= 11 is 0. The molecular formula is C22H24N4O3. The van der Waals surface area contributed by atoms with Crippen molar-refractivity contribution in [3.8, 4) is 17.7 Å². The number of benzene rings is 1. The molecule has 0 aliphatic carbocycles. The minimum Gasteiger partial charge on any atom is -0.439 e. The SMILES string of the molecule is CC[C@@]1(C)NC(=O)N(c2ccc(Oc3ccc(C#N)cc3C(C)(C)C)nc2)C1=O. The molecule has 7 heteroatoms. The number of imide groups is 1. The van der Waals surface area contributed by atoms with E-state index in [9.17, 15) is 14.9 Å². The fourth-order valence-corrected chi connectivity index (χ4v) is 3.11. The topological polar surface area (TPSA) is 95.3 Å². The molecule has 2 heterocycles. The molecule has 1 atom stereocenters. The van der Waals surface area contributed by atoms with E-state index in [2.05, 4.69) is 16.4 Å². The minimum absolute atomic E-state index is 0.229. The Bertz CT molecular complexity index is 1000. The number of ether oxygens (including phenoxy) is 1. The van der Waals surface area contributed by atoms with Crippen LogP contribution in [0.1, 0.15) is 52.2 Å². The van der Waals surface area contributed by atoms with Gasteiger partial charge in [0.15, 0.2) is 0 Å². The maximum Gasteiger partial charge on any atom is 0.329 e. The van der Waals surface area contributed by atoms with Crippen LogP contribution in [-0.2, 0) is 10.2 Å². The van der Waals surface area contributed by atoms with Gasteiger partial charge in [-0.25, -0.2) is 14.7 Å². The molecule has 1 aromatic carbocycles. The Morgan fingerprint density at radius 1 is 1.24 bits per heavy atom. The van der Waals surface area contributed by atoms with E-state index in [0.29, 0.717) is 29.3 Å². The van der Waals surface area contributed by atoms with E-state index < -0.39 is 11.6 Å². The Balaban J connectivity index is 1.87. The van der Waals surface area contributed by atoms with Crippen molar-refractivity contribution < 1.29 is 14.3 Å². The number of anilines is 1. The molecule has 0 spiro atoms. The van der Waals surface area contributed by atoms with Crippen LogP contribution in [-0.4, -0.2) is 22.5 Å². The quantitative estimate of drug-likeness (QED) is 0.784. The third kappa shape index (κ3) is 3.79. The van der Waals surface area contributed by atoms with Crippen LogP contribution in [0.25, 0.3) is 0 Å². The molecule has 1 aliphatic heterocycles. The van der Waals surface area contributed by atoms with Crippen LogP contribution in [0, 0.1) is 11.3 Å². The van der Waals surface area contributed by atoms with Gasteiger partial charge in [0, 0.05) is 11.6 Å². The van der Waals surface area contributed by atoms with Gasteiger partial charge in [0.1, 0.15) is 11.3 Å². The van der Waals surface area contributed by atoms with Crippen LogP contribution in [0.2, 0.25) is 0 Å². The number of rotatable bonds is 4. The molecule has 3 amide bonds.